The van der Waals surface area contributed by atoms with Gasteiger partial charge in [0.25, 0.3) is 0 Å². The summed E-state index contributed by atoms with van der Waals surface area (Å²) in [7, 11) is 0. The smallest absolute Gasteiger partial charge is 1.00 e. The summed E-state index contributed by atoms with van der Waals surface area (Å²) < 4.78 is 1.46. The molecule has 5 rings (SSSR count). The van der Waals surface area contributed by atoms with Gasteiger partial charge in [-0.2, -0.15) is 35.4 Å². The van der Waals surface area contributed by atoms with Gasteiger partial charge in [0.1, 0.15) is 0 Å². The fourth-order valence-corrected chi connectivity index (χ4v) is 5.20. The molecule has 1 unspecified atom stereocenters. The van der Waals surface area contributed by atoms with Gasteiger partial charge in [-0.05, 0) is 17.4 Å². The average molecular weight is 665 g/mol. The van der Waals surface area contributed by atoms with Gasteiger partial charge in [-0.3, -0.25) is 6.08 Å². The predicted molar refractivity (Wildman–Crippen MR) is 167 cm³/mol. The van der Waals surface area contributed by atoms with Gasteiger partial charge < -0.3 is 24.8 Å². The topological polar surface area (TPSA) is 0 Å². The van der Waals surface area contributed by atoms with E-state index in [0.29, 0.717) is 5.92 Å². The monoisotopic (exact) mass is 662 g/mol. The Balaban J connectivity index is 0.000000352. The van der Waals surface area contributed by atoms with Crippen LogP contribution in [0.3, 0.4) is 0 Å². The maximum Gasteiger partial charge on any atom is -1.00 e. The number of allylic oxidation sites excluding steroid dienone is 4. The van der Waals surface area contributed by atoms with E-state index in [1.807, 2.05) is 0 Å². The molecule has 218 valence electrons. The molecule has 3 heteroatoms. The van der Waals surface area contributed by atoms with Crippen LogP contribution in [0.5, 0.6) is 0 Å². The van der Waals surface area contributed by atoms with Crippen LogP contribution in [0.4, 0.5) is 0 Å². The molecule has 0 heterocycles. The van der Waals surface area contributed by atoms with Gasteiger partial charge in [0.05, 0.1) is 0 Å². The number of hydrogen-bond donors (Lipinski definition) is 0. The van der Waals surface area contributed by atoms with Crippen molar-refractivity contribution in [1.82, 2.24) is 0 Å². The summed E-state index contributed by atoms with van der Waals surface area (Å²) in [4.78, 5) is 0. The van der Waals surface area contributed by atoms with Gasteiger partial charge in [-0.25, -0.2) is 11.1 Å². The molecule has 0 radical (unpaired) electrons. The minimum absolute atomic E-state index is 0. The van der Waals surface area contributed by atoms with E-state index < -0.39 is 0 Å². The van der Waals surface area contributed by atoms with Gasteiger partial charge in [-0.15, -0.1) is 12.5 Å². The molecule has 3 aromatic carbocycles. The molecule has 2 aliphatic carbocycles. The second-order valence-corrected chi connectivity index (χ2v) is 15.1. The quantitative estimate of drug-likeness (QED) is 0.270. The first-order valence-electron chi connectivity index (χ1n) is 14.2. The van der Waals surface area contributed by atoms with Crippen molar-refractivity contribution in [2.24, 2.45) is 5.92 Å². The zero-order valence-electron chi connectivity index (χ0n) is 26.8. The predicted octanol–water partition coefficient (Wildman–Crippen LogP) is 4.08. The Morgan fingerprint density at radius 1 is 0.805 bits per heavy atom. The summed E-state index contributed by atoms with van der Waals surface area (Å²) in [5, 5.41) is 0. The number of fused-ring (bicyclic) bond motifs is 3. The van der Waals surface area contributed by atoms with Crippen LogP contribution in [-0.2, 0) is 41.5 Å². The van der Waals surface area contributed by atoms with Crippen LogP contribution < -0.4 is 24.8 Å². The summed E-state index contributed by atoms with van der Waals surface area (Å²) in [6, 6.07) is 23.7. The third-order valence-electron chi connectivity index (χ3n) is 7.55. The largest absolute Gasteiger partial charge is 1.00 e. The van der Waals surface area contributed by atoms with E-state index >= 15 is 0 Å². The van der Waals surface area contributed by atoms with Crippen LogP contribution in [0.25, 0.3) is 11.1 Å². The number of benzene rings is 3. The van der Waals surface area contributed by atoms with E-state index in [1.165, 1.54) is 83.1 Å². The van der Waals surface area contributed by atoms with Gasteiger partial charge in [-0.1, -0.05) is 96.0 Å². The van der Waals surface area contributed by atoms with Crippen LogP contribution in [0.15, 0.2) is 71.8 Å². The first-order chi connectivity index (χ1) is 18.1. The Morgan fingerprint density at radius 2 is 1.37 bits per heavy atom. The third kappa shape index (κ3) is 10.3. The van der Waals surface area contributed by atoms with E-state index in [-0.39, 0.29) is 35.6 Å². The first-order valence-corrected chi connectivity index (χ1v) is 15.4. The molecule has 0 saturated carbocycles. The van der Waals surface area contributed by atoms with Crippen molar-refractivity contribution in [3.05, 3.63) is 117 Å². The number of rotatable bonds is 1. The molecule has 0 nitrogen and oxygen atoms in total. The summed E-state index contributed by atoms with van der Waals surface area (Å²) in [6.45, 7) is 24.3. The molecule has 0 fully saturated rings. The molecule has 3 aromatic rings. The fraction of sp³-hybridized carbons (Fsp3) is 0.395. The zero-order chi connectivity index (χ0) is 29.1. The van der Waals surface area contributed by atoms with Crippen LogP contribution in [0, 0.1) is 25.0 Å². The molecule has 0 saturated heterocycles. The molecule has 1 atom stereocenters. The van der Waals surface area contributed by atoms with Gasteiger partial charge >= 0.3 is 76.7 Å². The fourth-order valence-electron chi connectivity index (χ4n) is 4.79. The third-order valence-corrected chi connectivity index (χ3v) is 8.26. The molecule has 0 aliphatic heterocycles. The van der Waals surface area contributed by atoms with E-state index in [2.05, 4.69) is 149 Å². The Labute approximate surface area is 278 Å². The number of aryl methyl sites for hydroxylation is 1. The molecule has 0 N–H and O–H groups in total. The summed E-state index contributed by atoms with van der Waals surface area (Å²) in [5.74, 6) is 0.551. The first kappa shape index (κ1) is 37.5. The maximum absolute atomic E-state index is 3.53. The van der Waals surface area contributed by atoms with Gasteiger partial charge in [0.2, 0.25) is 0 Å². The summed E-state index contributed by atoms with van der Waals surface area (Å²) in [6.07, 6.45) is 6.55. The van der Waals surface area contributed by atoms with Crippen molar-refractivity contribution in [3.63, 3.8) is 0 Å². The Kier molecular flexibility index (Phi) is 14.0. The summed E-state index contributed by atoms with van der Waals surface area (Å²) >= 11 is 1.51. The Hall–Kier alpha value is -1.53. The van der Waals surface area contributed by atoms with Gasteiger partial charge in [0, 0.05) is 0 Å². The number of hydrogen-bond acceptors (Lipinski definition) is 0. The van der Waals surface area contributed by atoms with Crippen LogP contribution in [0.2, 0.25) is 0 Å². The molecular weight excluding hydrogens is 619 g/mol. The SMILES string of the molecule is CC(C)(C)c1c[c-]c2c(c1)-c1cc(C(C)(C)C)ccc1C2.CC1=[C-]C(C)C=C1C.C[C](=[Zr+2])c1ccc(C)cc1.[Cl-].[Cl-]. The molecule has 41 heavy (non-hydrogen) atoms. The molecule has 2 aliphatic rings. The van der Waals surface area contributed by atoms with Crippen LogP contribution in [0.1, 0.15) is 103 Å². The van der Waals surface area contributed by atoms with Gasteiger partial charge in [0.15, 0.2) is 0 Å². The van der Waals surface area contributed by atoms with Crippen LogP contribution in [-0.4, -0.2) is 3.21 Å². The zero-order valence-corrected chi connectivity index (χ0v) is 30.8. The normalized spacial score (nSPS) is 14.9. The van der Waals surface area contributed by atoms with Crippen molar-refractivity contribution in [1.29, 1.82) is 0 Å². The molecule has 0 bridgehead atoms. The average Bonchev–Trinajstić information content (AvgIpc) is 3.35. The minimum Gasteiger partial charge on any atom is -1.00 e. The summed E-state index contributed by atoms with van der Waals surface area (Å²) in [5.41, 5.74) is 14.2. The molecular formula is C38H46Cl2Zr-2. The van der Waals surface area contributed by atoms with E-state index in [1.54, 1.807) is 0 Å². The van der Waals surface area contributed by atoms with E-state index in [4.69, 9.17) is 0 Å². The molecule has 0 aromatic heterocycles. The van der Waals surface area contributed by atoms with Crippen molar-refractivity contribution >= 4 is 3.21 Å². The maximum atomic E-state index is 3.53. The second-order valence-electron chi connectivity index (χ2n) is 13.2. The minimum atomic E-state index is 0. The van der Waals surface area contributed by atoms with Crippen molar-refractivity contribution < 1.29 is 49.0 Å². The molecule has 0 amide bonds. The van der Waals surface area contributed by atoms with Crippen molar-refractivity contribution in [2.45, 2.75) is 93.4 Å². The second kappa shape index (κ2) is 15.3. The van der Waals surface area contributed by atoms with Crippen LogP contribution >= 0.6 is 0 Å². The van der Waals surface area contributed by atoms with E-state index in [0.717, 1.165) is 6.42 Å². The van der Waals surface area contributed by atoms with Crippen molar-refractivity contribution in [3.8, 4) is 11.1 Å². The van der Waals surface area contributed by atoms with E-state index in [9.17, 15) is 0 Å². The standard InChI is InChI=1S/C21H25.C9H10.C8H11.2ClH.Zr/c1-20(2,3)16-9-7-14-11-15-8-10-17(21(4,5)6)13-19(15)18(14)12-16;1-3-9-6-4-8(2)5-7-9;1-6-4-7(2)8(3)5-6;;;/h7,9-10,12-13H,11H2,1-6H3;4-7H,1-2H3;4,6H,1-3H3;2*1H;/q-1;;-1;;;+2/p-2. The molecule has 0 spiro atoms. The Morgan fingerprint density at radius 3 is 1.80 bits per heavy atom. The Bertz CT molecular complexity index is 1310. The van der Waals surface area contributed by atoms with Crippen molar-refractivity contribution in [2.75, 3.05) is 0 Å². The number of halogens is 2.